The SMILES string of the molecule is CCCN(CCC)C(=S)Sc1nc2ccccc2s1. The average Bonchev–Trinajstić information content (AvgIpc) is 2.80. The molecule has 19 heavy (non-hydrogen) atoms. The number of hydrogen-bond donors (Lipinski definition) is 0. The Morgan fingerprint density at radius 1 is 1.26 bits per heavy atom. The normalized spacial score (nSPS) is 10.8. The van der Waals surface area contributed by atoms with E-state index in [0.29, 0.717) is 0 Å². The molecular formula is C14H18N2S3. The lowest BCUT2D eigenvalue weighted by atomic mass is 10.3. The molecule has 0 amide bonds. The van der Waals surface area contributed by atoms with Gasteiger partial charge in [0, 0.05) is 13.1 Å². The van der Waals surface area contributed by atoms with Crippen molar-refractivity contribution < 1.29 is 0 Å². The molecule has 2 rings (SSSR count). The van der Waals surface area contributed by atoms with E-state index in [-0.39, 0.29) is 0 Å². The molecule has 2 nitrogen and oxygen atoms in total. The summed E-state index contributed by atoms with van der Waals surface area (Å²) >= 11 is 8.89. The molecule has 0 aliphatic rings. The fourth-order valence-corrected chi connectivity index (χ4v) is 4.42. The molecule has 0 atom stereocenters. The highest BCUT2D eigenvalue weighted by Crippen LogP contribution is 2.31. The summed E-state index contributed by atoms with van der Waals surface area (Å²) in [5, 5.41) is 0. The smallest absolute Gasteiger partial charge is 0.158 e. The molecule has 1 aromatic heterocycles. The van der Waals surface area contributed by atoms with Crippen LogP contribution in [0.15, 0.2) is 28.6 Å². The quantitative estimate of drug-likeness (QED) is 0.582. The maximum absolute atomic E-state index is 5.55. The third-order valence-corrected chi connectivity index (χ3v) is 5.23. The number of rotatable bonds is 5. The first-order chi connectivity index (χ1) is 9.24. The van der Waals surface area contributed by atoms with E-state index in [0.717, 1.165) is 40.1 Å². The summed E-state index contributed by atoms with van der Waals surface area (Å²) < 4.78 is 3.22. The van der Waals surface area contributed by atoms with Crippen molar-refractivity contribution in [3.05, 3.63) is 24.3 Å². The van der Waals surface area contributed by atoms with E-state index in [1.807, 2.05) is 12.1 Å². The Morgan fingerprint density at radius 2 is 1.95 bits per heavy atom. The van der Waals surface area contributed by atoms with Gasteiger partial charge in [0.05, 0.1) is 10.2 Å². The second-order valence-electron chi connectivity index (χ2n) is 4.30. The minimum absolute atomic E-state index is 0.947. The summed E-state index contributed by atoms with van der Waals surface area (Å²) in [6, 6.07) is 8.23. The van der Waals surface area contributed by atoms with Crippen molar-refractivity contribution in [2.75, 3.05) is 13.1 Å². The molecule has 0 spiro atoms. The molecule has 0 N–H and O–H groups in total. The van der Waals surface area contributed by atoms with Crippen LogP contribution in [-0.4, -0.2) is 27.3 Å². The Labute approximate surface area is 128 Å². The van der Waals surface area contributed by atoms with Gasteiger partial charge < -0.3 is 4.90 Å². The van der Waals surface area contributed by atoms with Gasteiger partial charge >= 0.3 is 0 Å². The molecule has 0 aliphatic heterocycles. The largest absolute Gasteiger partial charge is 0.357 e. The fourth-order valence-electron chi connectivity index (χ4n) is 1.87. The highest BCUT2D eigenvalue weighted by molar-refractivity contribution is 8.23. The van der Waals surface area contributed by atoms with Crippen LogP contribution in [0.1, 0.15) is 26.7 Å². The van der Waals surface area contributed by atoms with Crippen LogP contribution in [0.25, 0.3) is 10.2 Å². The van der Waals surface area contributed by atoms with Crippen LogP contribution in [-0.2, 0) is 0 Å². The highest BCUT2D eigenvalue weighted by Gasteiger charge is 2.12. The van der Waals surface area contributed by atoms with Crippen molar-refractivity contribution in [2.24, 2.45) is 0 Å². The predicted octanol–water partition coefficient (Wildman–Crippen LogP) is 4.80. The molecule has 1 heterocycles. The van der Waals surface area contributed by atoms with Gasteiger partial charge in [-0.25, -0.2) is 4.98 Å². The zero-order valence-electron chi connectivity index (χ0n) is 11.3. The predicted molar refractivity (Wildman–Crippen MR) is 90.2 cm³/mol. The van der Waals surface area contributed by atoms with Gasteiger partial charge in [-0.3, -0.25) is 0 Å². The topological polar surface area (TPSA) is 16.1 Å². The lowest BCUT2D eigenvalue weighted by Crippen LogP contribution is -2.28. The van der Waals surface area contributed by atoms with Gasteiger partial charge in [0.15, 0.2) is 4.34 Å². The van der Waals surface area contributed by atoms with Crippen LogP contribution in [0.5, 0.6) is 0 Å². The van der Waals surface area contributed by atoms with Crippen LogP contribution in [0.3, 0.4) is 0 Å². The summed E-state index contributed by atoms with van der Waals surface area (Å²) in [6.07, 6.45) is 2.25. The zero-order valence-corrected chi connectivity index (χ0v) is 13.7. The lowest BCUT2D eigenvalue weighted by Gasteiger charge is -2.22. The van der Waals surface area contributed by atoms with Crippen molar-refractivity contribution in [3.63, 3.8) is 0 Å². The van der Waals surface area contributed by atoms with Crippen LogP contribution in [0, 0.1) is 0 Å². The van der Waals surface area contributed by atoms with Crippen molar-refractivity contribution in [3.8, 4) is 0 Å². The molecule has 0 unspecified atom stereocenters. The van der Waals surface area contributed by atoms with Gasteiger partial charge in [-0.2, -0.15) is 0 Å². The van der Waals surface area contributed by atoms with Crippen molar-refractivity contribution in [1.29, 1.82) is 0 Å². The number of thiazole rings is 1. The van der Waals surface area contributed by atoms with E-state index < -0.39 is 0 Å². The number of thiocarbonyl (C=S) groups is 1. The van der Waals surface area contributed by atoms with E-state index in [2.05, 4.69) is 35.9 Å². The van der Waals surface area contributed by atoms with Gasteiger partial charge in [-0.1, -0.05) is 38.2 Å². The molecular weight excluding hydrogens is 292 g/mol. The number of benzene rings is 1. The van der Waals surface area contributed by atoms with Gasteiger partial charge in [-0.15, -0.1) is 11.3 Å². The van der Waals surface area contributed by atoms with Crippen LogP contribution >= 0.6 is 35.3 Å². The van der Waals surface area contributed by atoms with E-state index in [1.54, 1.807) is 23.1 Å². The maximum Gasteiger partial charge on any atom is 0.158 e. The Balaban J connectivity index is 2.08. The van der Waals surface area contributed by atoms with Crippen molar-refractivity contribution in [1.82, 2.24) is 9.88 Å². The number of hydrogen-bond acceptors (Lipinski definition) is 4. The Hall–Kier alpha value is -0.650. The number of para-hydroxylation sites is 1. The molecule has 0 fully saturated rings. The number of aromatic nitrogens is 1. The molecule has 5 heteroatoms. The molecule has 102 valence electrons. The molecule has 1 aromatic carbocycles. The summed E-state index contributed by atoms with van der Waals surface area (Å²) in [5.74, 6) is 0. The highest BCUT2D eigenvalue weighted by atomic mass is 32.2. The number of fused-ring (bicyclic) bond motifs is 1. The molecule has 0 bridgehead atoms. The molecule has 0 saturated carbocycles. The summed E-state index contributed by atoms with van der Waals surface area (Å²) in [5.41, 5.74) is 1.07. The van der Waals surface area contributed by atoms with Gasteiger partial charge in [0.1, 0.15) is 4.32 Å². The Bertz CT molecular complexity index is 511. The van der Waals surface area contributed by atoms with Gasteiger partial charge in [0.2, 0.25) is 0 Å². The third kappa shape index (κ3) is 3.91. The van der Waals surface area contributed by atoms with Crippen molar-refractivity contribution >= 4 is 49.9 Å². The molecule has 0 aliphatic carbocycles. The summed E-state index contributed by atoms with van der Waals surface area (Å²) in [6.45, 7) is 6.44. The summed E-state index contributed by atoms with van der Waals surface area (Å²) in [4.78, 5) is 6.91. The molecule has 0 radical (unpaired) electrons. The molecule has 2 aromatic rings. The monoisotopic (exact) mass is 310 g/mol. The van der Waals surface area contributed by atoms with E-state index in [9.17, 15) is 0 Å². The fraction of sp³-hybridized carbons (Fsp3) is 0.429. The average molecular weight is 311 g/mol. The van der Waals surface area contributed by atoms with E-state index >= 15 is 0 Å². The van der Waals surface area contributed by atoms with Crippen LogP contribution in [0.2, 0.25) is 0 Å². The maximum atomic E-state index is 5.55. The molecule has 0 saturated heterocycles. The Morgan fingerprint density at radius 3 is 2.58 bits per heavy atom. The first kappa shape index (κ1) is 14.8. The van der Waals surface area contributed by atoms with Gasteiger partial charge in [0.25, 0.3) is 0 Å². The van der Waals surface area contributed by atoms with Crippen molar-refractivity contribution in [2.45, 2.75) is 31.0 Å². The van der Waals surface area contributed by atoms with Crippen LogP contribution < -0.4 is 0 Å². The lowest BCUT2D eigenvalue weighted by molar-refractivity contribution is 0.430. The second kappa shape index (κ2) is 7.22. The van der Waals surface area contributed by atoms with Crippen LogP contribution in [0.4, 0.5) is 0 Å². The number of nitrogens with zero attached hydrogens (tertiary/aromatic N) is 2. The first-order valence-electron chi connectivity index (χ1n) is 6.57. The second-order valence-corrected chi connectivity index (χ2v) is 7.21. The zero-order chi connectivity index (χ0) is 13.7. The third-order valence-electron chi connectivity index (χ3n) is 2.69. The summed E-state index contributed by atoms with van der Waals surface area (Å²) in [7, 11) is 0. The minimum Gasteiger partial charge on any atom is -0.357 e. The standard InChI is InChI=1S/C14H18N2S3/c1-3-9-16(10-4-2)14(17)19-13-15-11-7-5-6-8-12(11)18-13/h5-8H,3-4,9-10H2,1-2H3. The van der Waals surface area contributed by atoms with E-state index in [4.69, 9.17) is 12.2 Å². The van der Waals surface area contributed by atoms with Gasteiger partial charge in [-0.05, 0) is 36.7 Å². The van der Waals surface area contributed by atoms with E-state index in [1.165, 1.54) is 4.70 Å². The minimum atomic E-state index is 0.947. The number of thioether (sulfide) groups is 1. The first-order valence-corrected chi connectivity index (χ1v) is 8.61. The Kier molecular flexibility index (Phi) is 5.60.